The van der Waals surface area contributed by atoms with Gasteiger partial charge in [0, 0.05) is 24.0 Å². The molecule has 0 spiro atoms. The topological polar surface area (TPSA) is 81.4 Å². The van der Waals surface area contributed by atoms with Gasteiger partial charge < -0.3 is 0 Å². The zero-order chi connectivity index (χ0) is 24.1. The number of nitrogens with one attached hydrogen (secondary N) is 1. The Hall–Kier alpha value is -3.48. The first-order valence-electron chi connectivity index (χ1n) is 12.1. The van der Waals surface area contributed by atoms with E-state index in [1.54, 1.807) is 0 Å². The van der Waals surface area contributed by atoms with Crippen molar-refractivity contribution in [3.05, 3.63) is 76.5 Å². The molecule has 4 aromatic rings. The number of unbranched alkanes of at least 4 members (excludes halogenated alkanes) is 1. The Balaban J connectivity index is 1.59. The second kappa shape index (κ2) is 10.2. The van der Waals surface area contributed by atoms with Gasteiger partial charge in [-0.05, 0) is 51.8 Å². The molecule has 34 heavy (non-hydrogen) atoms. The third-order valence-corrected chi connectivity index (χ3v) is 6.15. The molecule has 0 atom stereocenters. The zero-order valence-electron chi connectivity index (χ0n) is 20.6. The second-order valence-electron chi connectivity index (χ2n) is 10.1. The summed E-state index contributed by atoms with van der Waals surface area (Å²) < 4.78 is 3.84. The molecule has 4 rings (SSSR count). The van der Waals surface area contributed by atoms with Crippen molar-refractivity contribution in [2.75, 3.05) is 0 Å². The molecule has 1 N–H and O–H groups in total. The molecule has 0 amide bonds. The second-order valence-corrected chi connectivity index (χ2v) is 10.1. The Labute approximate surface area is 200 Å². The van der Waals surface area contributed by atoms with Crippen LogP contribution in [-0.4, -0.2) is 29.8 Å². The minimum Gasteiger partial charge on any atom is -0.299 e. The van der Waals surface area contributed by atoms with Crippen LogP contribution in [0.15, 0.2) is 59.5 Å². The van der Waals surface area contributed by atoms with Gasteiger partial charge in [0.15, 0.2) is 5.82 Å². The lowest BCUT2D eigenvalue weighted by Gasteiger charge is -2.17. The molecule has 0 aliphatic rings. The van der Waals surface area contributed by atoms with Crippen LogP contribution in [0.4, 0.5) is 0 Å². The van der Waals surface area contributed by atoms with Crippen molar-refractivity contribution in [1.82, 2.24) is 29.8 Å². The highest BCUT2D eigenvalue weighted by molar-refractivity contribution is 5.80. The molecule has 2 aromatic heterocycles. The summed E-state index contributed by atoms with van der Waals surface area (Å²) in [6.07, 6.45) is 6.15. The van der Waals surface area contributed by atoms with E-state index in [9.17, 15) is 4.79 Å². The van der Waals surface area contributed by atoms with Gasteiger partial charge in [-0.15, -0.1) is 5.10 Å². The van der Waals surface area contributed by atoms with Gasteiger partial charge in [-0.1, -0.05) is 82.6 Å². The van der Waals surface area contributed by atoms with Crippen molar-refractivity contribution in [2.24, 2.45) is 5.41 Å². The Morgan fingerprint density at radius 3 is 2.38 bits per heavy atom. The van der Waals surface area contributed by atoms with Crippen LogP contribution in [0.25, 0.3) is 22.5 Å². The lowest BCUT2D eigenvalue weighted by molar-refractivity contribution is 0.347. The molecule has 2 heterocycles. The first-order chi connectivity index (χ1) is 16.4. The van der Waals surface area contributed by atoms with Gasteiger partial charge in [-0.2, -0.15) is 0 Å². The number of benzene rings is 2. The quantitative estimate of drug-likeness (QED) is 0.368. The van der Waals surface area contributed by atoms with Gasteiger partial charge >= 0.3 is 5.69 Å². The number of aryl methyl sites for hydroxylation is 2. The van der Waals surface area contributed by atoms with Gasteiger partial charge in [-0.25, -0.2) is 9.89 Å². The third-order valence-electron chi connectivity index (χ3n) is 6.15. The fraction of sp³-hybridized carbons (Fsp3) is 0.407. The summed E-state index contributed by atoms with van der Waals surface area (Å²) in [5.41, 5.74) is 5.60. The SMILES string of the molecule is CCCCc1cn(CCC(C)(C)C)c(=O)n1Cc1ccc(-c2ccccc2-c2nnn[nH]2)cc1. The molecular formula is C27H34N6O. The van der Waals surface area contributed by atoms with Gasteiger partial charge in [0.05, 0.1) is 6.54 Å². The highest BCUT2D eigenvalue weighted by Crippen LogP contribution is 2.29. The molecule has 0 saturated carbocycles. The Morgan fingerprint density at radius 2 is 1.74 bits per heavy atom. The molecule has 0 bridgehead atoms. The summed E-state index contributed by atoms with van der Waals surface area (Å²) in [6.45, 7) is 10.2. The van der Waals surface area contributed by atoms with Crippen molar-refractivity contribution < 1.29 is 0 Å². The Bertz CT molecular complexity index is 1260. The van der Waals surface area contributed by atoms with E-state index in [0.29, 0.717) is 12.4 Å². The van der Waals surface area contributed by atoms with Crippen LogP contribution < -0.4 is 5.69 Å². The largest absolute Gasteiger partial charge is 0.328 e. The number of hydrogen-bond acceptors (Lipinski definition) is 4. The van der Waals surface area contributed by atoms with E-state index in [4.69, 9.17) is 0 Å². The number of aromatic nitrogens is 6. The van der Waals surface area contributed by atoms with E-state index in [2.05, 4.69) is 84.8 Å². The van der Waals surface area contributed by atoms with E-state index >= 15 is 0 Å². The molecule has 178 valence electrons. The number of H-pyrrole nitrogens is 1. The first-order valence-corrected chi connectivity index (χ1v) is 12.1. The molecule has 0 unspecified atom stereocenters. The van der Waals surface area contributed by atoms with Crippen LogP contribution in [0.1, 0.15) is 58.2 Å². The smallest absolute Gasteiger partial charge is 0.299 e. The van der Waals surface area contributed by atoms with Gasteiger partial charge in [0.2, 0.25) is 0 Å². The summed E-state index contributed by atoms with van der Waals surface area (Å²) in [6, 6.07) is 16.5. The molecule has 0 aliphatic heterocycles. The molecule has 0 aliphatic carbocycles. The summed E-state index contributed by atoms with van der Waals surface area (Å²) in [4.78, 5) is 13.2. The minimum atomic E-state index is 0.0857. The Morgan fingerprint density at radius 1 is 1.00 bits per heavy atom. The molecular weight excluding hydrogens is 424 g/mol. The Kier molecular flexibility index (Phi) is 7.10. The lowest BCUT2D eigenvalue weighted by atomic mass is 9.92. The number of tetrazole rings is 1. The fourth-order valence-corrected chi connectivity index (χ4v) is 4.11. The van der Waals surface area contributed by atoms with E-state index < -0.39 is 0 Å². The van der Waals surface area contributed by atoms with Crippen molar-refractivity contribution in [2.45, 2.75) is 66.5 Å². The van der Waals surface area contributed by atoms with Crippen molar-refractivity contribution in [3.8, 4) is 22.5 Å². The van der Waals surface area contributed by atoms with Crippen molar-refractivity contribution in [1.29, 1.82) is 0 Å². The highest BCUT2D eigenvalue weighted by atomic mass is 16.1. The molecule has 7 nitrogen and oxygen atoms in total. The standard InChI is InChI=1S/C27H34N6O/c1-5-6-9-22-19-32(17-16-27(2,3)4)26(34)33(22)18-20-12-14-21(15-13-20)23-10-7-8-11-24(23)25-28-30-31-29-25/h7-8,10-15,19H,5-6,9,16-18H2,1-4H3,(H,28,29,30,31). The van der Waals surface area contributed by atoms with Crippen LogP contribution in [0.3, 0.4) is 0 Å². The van der Waals surface area contributed by atoms with E-state index in [0.717, 1.165) is 60.2 Å². The average molecular weight is 459 g/mol. The van der Waals surface area contributed by atoms with E-state index in [1.165, 1.54) is 0 Å². The van der Waals surface area contributed by atoms with Gasteiger partial charge in [0.25, 0.3) is 0 Å². The normalized spacial score (nSPS) is 11.8. The van der Waals surface area contributed by atoms with Gasteiger partial charge in [-0.3, -0.25) is 9.13 Å². The maximum Gasteiger partial charge on any atom is 0.328 e. The number of imidazole rings is 1. The molecule has 0 fully saturated rings. The maximum atomic E-state index is 13.2. The summed E-state index contributed by atoms with van der Waals surface area (Å²) in [7, 11) is 0. The number of rotatable bonds is 9. The number of nitrogens with zero attached hydrogens (tertiary/aromatic N) is 5. The summed E-state index contributed by atoms with van der Waals surface area (Å²) >= 11 is 0. The van der Waals surface area contributed by atoms with Crippen molar-refractivity contribution >= 4 is 0 Å². The van der Waals surface area contributed by atoms with Gasteiger partial charge in [0.1, 0.15) is 0 Å². The lowest BCUT2D eigenvalue weighted by Crippen LogP contribution is -2.26. The van der Waals surface area contributed by atoms with Crippen LogP contribution >= 0.6 is 0 Å². The number of hydrogen-bond donors (Lipinski definition) is 1. The minimum absolute atomic E-state index is 0.0857. The van der Waals surface area contributed by atoms with E-state index in [-0.39, 0.29) is 11.1 Å². The maximum absolute atomic E-state index is 13.2. The first kappa shape index (κ1) is 23.7. The summed E-state index contributed by atoms with van der Waals surface area (Å²) in [5.74, 6) is 0.642. The van der Waals surface area contributed by atoms with Crippen LogP contribution in [-0.2, 0) is 19.5 Å². The van der Waals surface area contributed by atoms with Crippen LogP contribution in [0, 0.1) is 5.41 Å². The number of aromatic amines is 1. The molecule has 2 aromatic carbocycles. The average Bonchev–Trinajstić information content (AvgIpc) is 3.46. The zero-order valence-corrected chi connectivity index (χ0v) is 20.6. The van der Waals surface area contributed by atoms with Crippen LogP contribution in [0.5, 0.6) is 0 Å². The monoisotopic (exact) mass is 458 g/mol. The molecule has 0 radical (unpaired) electrons. The predicted molar refractivity (Wildman–Crippen MR) is 136 cm³/mol. The summed E-state index contributed by atoms with van der Waals surface area (Å²) in [5, 5.41) is 14.3. The van der Waals surface area contributed by atoms with Crippen LogP contribution in [0.2, 0.25) is 0 Å². The molecule has 0 saturated heterocycles. The fourth-order valence-electron chi connectivity index (χ4n) is 4.11. The van der Waals surface area contributed by atoms with Crippen molar-refractivity contribution in [3.63, 3.8) is 0 Å². The third kappa shape index (κ3) is 5.53. The predicted octanol–water partition coefficient (Wildman–Crippen LogP) is 5.32. The van der Waals surface area contributed by atoms with E-state index in [1.807, 2.05) is 27.3 Å². The highest BCUT2D eigenvalue weighted by Gasteiger charge is 2.16. The molecule has 7 heteroatoms.